The maximum atomic E-state index is 13.2. The molecule has 2 nitrogen and oxygen atoms in total. The Labute approximate surface area is 85.1 Å². The quantitative estimate of drug-likeness (QED) is 0.809. The second-order valence-corrected chi connectivity index (χ2v) is 3.21. The van der Waals surface area contributed by atoms with E-state index in [2.05, 4.69) is 5.32 Å². The van der Waals surface area contributed by atoms with Gasteiger partial charge in [-0.15, -0.1) is 0 Å². The van der Waals surface area contributed by atoms with Crippen LogP contribution in [0, 0.1) is 17.5 Å². The first-order valence-corrected chi connectivity index (χ1v) is 4.33. The van der Waals surface area contributed by atoms with E-state index in [9.17, 15) is 18.0 Å². The minimum atomic E-state index is -1.01. The van der Waals surface area contributed by atoms with Gasteiger partial charge in [-0.3, -0.25) is 4.79 Å². The van der Waals surface area contributed by atoms with E-state index in [4.69, 9.17) is 0 Å². The molecule has 1 amide bonds. The summed E-state index contributed by atoms with van der Waals surface area (Å²) in [6.07, 6.45) is 0. The molecule has 0 aliphatic carbocycles. The van der Waals surface area contributed by atoms with Crippen LogP contribution in [0.2, 0.25) is 0 Å². The fourth-order valence-electron chi connectivity index (χ4n) is 1.34. The molecule has 0 aliphatic heterocycles. The van der Waals surface area contributed by atoms with E-state index < -0.39 is 29.4 Å². The van der Waals surface area contributed by atoms with Crippen molar-refractivity contribution in [3.63, 3.8) is 0 Å². The standard InChI is InChI=1S/C10H10F3NO/c1-5(14-6(2)15)10-8(12)3-7(11)4-9(10)13/h3-5H,1-2H3,(H,14,15)/t5-/m1/s1. The number of hydrogen-bond donors (Lipinski definition) is 1. The van der Waals surface area contributed by atoms with Gasteiger partial charge < -0.3 is 5.32 Å². The molecule has 1 aromatic rings. The second kappa shape index (κ2) is 4.33. The Morgan fingerprint density at radius 3 is 2.13 bits per heavy atom. The van der Waals surface area contributed by atoms with Crippen molar-refractivity contribution in [3.05, 3.63) is 35.1 Å². The number of rotatable bonds is 2. The SMILES string of the molecule is CC(=O)N[C@H](C)c1c(F)cc(F)cc1F. The third-order valence-corrected chi connectivity index (χ3v) is 1.90. The predicted molar refractivity (Wildman–Crippen MR) is 48.5 cm³/mol. The van der Waals surface area contributed by atoms with Gasteiger partial charge in [-0.05, 0) is 6.92 Å². The Morgan fingerprint density at radius 1 is 1.27 bits per heavy atom. The lowest BCUT2D eigenvalue weighted by atomic mass is 10.1. The summed E-state index contributed by atoms with van der Waals surface area (Å²) >= 11 is 0. The average Bonchev–Trinajstić information content (AvgIpc) is 1.99. The van der Waals surface area contributed by atoms with Crippen LogP contribution in [0.25, 0.3) is 0 Å². The Bertz CT molecular complexity index is 369. The van der Waals surface area contributed by atoms with Crippen molar-refractivity contribution in [2.75, 3.05) is 0 Å². The molecule has 0 unspecified atom stereocenters. The highest BCUT2D eigenvalue weighted by molar-refractivity contribution is 5.73. The number of carbonyl (C=O) groups excluding carboxylic acids is 1. The summed E-state index contributed by atoms with van der Waals surface area (Å²) in [7, 11) is 0. The highest BCUT2D eigenvalue weighted by Crippen LogP contribution is 2.21. The third kappa shape index (κ3) is 2.71. The monoisotopic (exact) mass is 217 g/mol. The smallest absolute Gasteiger partial charge is 0.217 e. The van der Waals surface area contributed by atoms with E-state index in [1.165, 1.54) is 13.8 Å². The molecule has 0 saturated heterocycles. The molecule has 0 aromatic heterocycles. The van der Waals surface area contributed by atoms with Crippen LogP contribution in [0.15, 0.2) is 12.1 Å². The Morgan fingerprint density at radius 2 is 1.73 bits per heavy atom. The summed E-state index contributed by atoms with van der Waals surface area (Å²) in [4.78, 5) is 10.7. The summed E-state index contributed by atoms with van der Waals surface area (Å²) in [5.41, 5.74) is -0.341. The van der Waals surface area contributed by atoms with E-state index in [1.807, 2.05) is 0 Å². The van der Waals surface area contributed by atoms with E-state index >= 15 is 0 Å². The van der Waals surface area contributed by atoms with E-state index in [0.29, 0.717) is 12.1 Å². The number of hydrogen-bond acceptors (Lipinski definition) is 1. The minimum Gasteiger partial charge on any atom is -0.350 e. The lowest BCUT2D eigenvalue weighted by Crippen LogP contribution is -2.25. The van der Waals surface area contributed by atoms with Crippen LogP contribution in [0.1, 0.15) is 25.5 Å². The van der Waals surface area contributed by atoms with Crippen molar-refractivity contribution in [3.8, 4) is 0 Å². The van der Waals surface area contributed by atoms with Crippen molar-refractivity contribution < 1.29 is 18.0 Å². The maximum absolute atomic E-state index is 13.2. The van der Waals surface area contributed by atoms with Gasteiger partial charge in [-0.25, -0.2) is 13.2 Å². The van der Waals surface area contributed by atoms with Gasteiger partial charge in [0, 0.05) is 24.6 Å². The molecule has 82 valence electrons. The predicted octanol–water partition coefficient (Wildman–Crippen LogP) is 2.30. The molecule has 1 N–H and O–H groups in total. The molecule has 0 fully saturated rings. The van der Waals surface area contributed by atoms with Crippen LogP contribution in [0.3, 0.4) is 0 Å². The number of halogens is 3. The lowest BCUT2D eigenvalue weighted by Gasteiger charge is -2.14. The molecule has 1 aromatic carbocycles. The Balaban J connectivity index is 3.08. The third-order valence-electron chi connectivity index (χ3n) is 1.90. The van der Waals surface area contributed by atoms with E-state index in [1.54, 1.807) is 0 Å². The molecule has 1 rings (SSSR count). The minimum absolute atomic E-state index is 0.341. The summed E-state index contributed by atoms with van der Waals surface area (Å²) in [6, 6.07) is 0.330. The largest absolute Gasteiger partial charge is 0.350 e. The molecule has 15 heavy (non-hydrogen) atoms. The first kappa shape index (κ1) is 11.6. The average molecular weight is 217 g/mol. The summed E-state index contributed by atoms with van der Waals surface area (Å²) in [5.74, 6) is -3.41. The molecule has 5 heteroatoms. The lowest BCUT2D eigenvalue weighted by molar-refractivity contribution is -0.119. The highest BCUT2D eigenvalue weighted by atomic mass is 19.1. The van der Waals surface area contributed by atoms with Crippen molar-refractivity contribution in [2.24, 2.45) is 0 Å². The Hall–Kier alpha value is -1.52. The van der Waals surface area contributed by atoms with Crippen LogP contribution in [0.5, 0.6) is 0 Å². The highest BCUT2D eigenvalue weighted by Gasteiger charge is 2.18. The van der Waals surface area contributed by atoms with Crippen LogP contribution < -0.4 is 5.32 Å². The summed E-state index contributed by atoms with van der Waals surface area (Å²) < 4.78 is 38.9. The first-order chi connectivity index (χ1) is 6.91. The zero-order chi connectivity index (χ0) is 11.6. The Kier molecular flexibility index (Phi) is 3.34. The van der Waals surface area contributed by atoms with E-state index in [0.717, 1.165) is 0 Å². The van der Waals surface area contributed by atoms with Crippen LogP contribution in [0.4, 0.5) is 13.2 Å². The van der Waals surface area contributed by atoms with Crippen molar-refractivity contribution in [2.45, 2.75) is 19.9 Å². The summed E-state index contributed by atoms with van der Waals surface area (Å²) in [5, 5.41) is 2.32. The van der Waals surface area contributed by atoms with Gasteiger partial charge in [-0.1, -0.05) is 0 Å². The van der Waals surface area contributed by atoms with Gasteiger partial charge in [0.25, 0.3) is 0 Å². The number of benzene rings is 1. The zero-order valence-electron chi connectivity index (χ0n) is 8.27. The maximum Gasteiger partial charge on any atom is 0.217 e. The molecular formula is C10H10F3NO. The van der Waals surface area contributed by atoms with Crippen LogP contribution in [-0.2, 0) is 4.79 Å². The van der Waals surface area contributed by atoms with Gasteiger partial charge in [0.15, 0.2) is 0 Å². The van der Waals surface area contributed by atoms with Gasteiger partial charge in [0.2, 0.25) is 5.91 Å². The molecule has 0 bridgehead atoms. The molecule has 0 heterocycles. The second-order valence-electron chi connectivity index (χ2n) is 3.21. The van der Waals surface area contributed by atoms with E-state index in [-0.39, 0.29) is 5.56 Å². The van der Waals surface area contributed by atoms with Gasteiger partial charge in [0.1, 0.15) is 17.5 Å². The van der Waals surface area contributed by atoms with Gasteiger partial charge in [-0.2, -0.15) is 0 Å². The number of amides is 1. The molecule has 1 atom stereocenters. The molecule has 0 radical (unpaired) electrons. The van der Waals surface area contributed by atoms with Gasteiger partial charge in [0.05, 0.1) is 6.04 Å². The van der Waals surface area contributed by atoms with Crippen LogP contribution >= 0.6 is 0 Å². The van der Waals surface area contributed by atoms with Crippen molar-refractivity contribution in [1.29, 1.82) is 0 Å². The molecule has 0 spiro atoms. The first-order valence-electron chi connectivity index (χ1n) is 4.33. The zero-order valence-corrected chi connectivity index (χ0v) is 8.27. The van der Waals surface area contributed by atoms with Gasteiger partial charge >= 0.3 is 0 Å². The topological polar surface area (TPSA) is 29.1 Å². The normalized spacial score (nSPS) is 12.3. The van der Waals surface area contributed by atoms with Crippen molar-refractivity contribution >= 4 is 5.91 Å². The fourth-order valence-corrected chi connectivity index (χ4v) is 1.34. The molecule has 0 saturated carbocycles. The molecular weight excluding hydrogens is 207 g/mol. The van der Waals surface area contributed by atoms with Crippen molar-refractivity contribution in [1.82, 2.24) is 5.32 Å². The number of nitrogens with one attached hydrogen (secondary N) is 1. The van der Waals surface area contributed by atoms with Crippen LogP contribution in [-0.4, -0.2) is 5.91 Å². The fraction of sp³-hybridized carbons (Fsp3) is 0.300. The molecule has 0 aliphatic rings. The summed E-state index contributed by atoms with van der Waals surface area (Å²) in [6.45, 7) is 2.65. The number of carbonyl (C=O) groups is 1.